The Hall–Kier alpha value is -1.36. The van der Waals surface area contributed by atoms with Crippen LogP contribution in [0, 0.1) is 5.92 Å². The van der Waals surface area contributed by atoms with Crippen molar-refractivity contribution < 1.29 is 4.79 Å². The minimum atomic E-state index is 0.0234. The molecule has 0 aliphatic carbocycles. The first-order chi connectivity index (χ1) is 7.99. The van der Waals surface area contributed by atoms with Gasteiger partial charge in [0.05, 0.1) is 11.3 Å². The molecule has 0 saturated heterocycles. The first-order valence-corrected chi connectivity index (χ1v) is 5.97. The topological polar surface area (TPSA) is 64.2 Å². The zero-order chi connectivity index (χ0) is 13.0. The van der Waals surface area contributed by atoms with Crippen LogP contribution in [0.2, 0.25) is 0 Å². The third-order valence-corrected chi connectivity index (χ3v) is 2.81. The number of nitrogens with zero attached hydrogens (tertiary/aromatic N) is 3. The zero-order valence-electron chi connectivity index (χ0n) is 11.1. The minimum Gasteiger partial charge on any atom is -0.341 e. The predicted molar refractivity (Wildman–Crippen MR) is 67.8 cm³/mol. The van der Waals surface area contributed by atoms with Gasteiger partial charge in [0.25, 0.3) is 5.91 Å². The molecule has 96 valence electrons. The zero-order valence-corrected chi connectivity index (χ0v) is 11.1. The van der Waals surface area contributed by atoms with Crippen LogP contribution in [0.4, 0.5) is 0 Å². The van der Waals surface area contributed by atoms with E-state index >= 15 is 0 Å². The van der Waals surface area contributed by atoms with Gasteiger partial charge in [-0.05, 0) is 18.9 Å². The number of aryl methyl sites for hydroxylation is 2. The summed E-state index contributed by atoms with van der Waals surface area (Å²) in [6.45, 7) is 5.30. The Balaban J connectivity index is 2.81. The molecule has 0 bridgehead atoms. The monoisotopic (exact) mass is 238 g/mol. The summed E-state index contributed by atoms with van der Waals surface area (Å²) in [5, 5.41) is 4.28. The standard InChI is InChI=1S/C12H22N4O/c1-5-11-10(8-16(4)14-11)12(17)15(3)7-9(2)6-13/h8-9H,5-7,13H2,1-4H3. The van der Waals surface area contributed by atoms with Crippen LogP contribution in [0.3, 0.4) is 0 Å². The summed E-state index contributed by atoms with van der Waals surface area (Å²) in [5.41, 5.74) is 7.11. The molecule has 0 aliphatic heterocycles. The van der Waals surface area contributed by atoms with E-state index < -0.39 is 0 Å². The van der Waals surface area contributed by atoms with E-state index in [1.807, 2.05) is 20.9 Å². The second-order valence-corrected chi connectivity index (χ2v) is 4.54. The van der Waals surface area contributed by atoms with Crippen molar-refractivity contribution in [1.29, 1.82) is 0 Å². The second-order valence-electron chi connectivity index (χ2n) is 4.54. The van der Waals surface area contributed by atoms with Crippen LogP contribution in [0.15, 0.2) is 6.20 Å². The maximum absolute atomic E-state index is 12.2. The molecule has 1 amide bonds. The summed E-state index contributed by atoms with van der Waals surface area (Å²) in [6, 6.07) is 0. The van der Waals surface area contributed by atoms with E-state index in [4.69, 9.17) is 5.73 Å². The van der Waals surface area contributed by atoms with Gasteiger partial charge in [0.2, 0.25) is 0 Å². The molecule has 17 heavy (non-hydrogen) atoms. The highest BCUT2D eigenvalue weighted by molar-refractivity contribution is 5.95. The van der Waals surface area contributed by atoms with Crippen LogP contribution >= 0.6 is 0 Å². The predicted octanol–water partition coefficient (Wildman–Crippen LogP) is 0.649. The van der Waals surface area contributed by atoms with Crippen LogP contribution in [-0.2, 0) is 13.5 Å². The lowest BCUT2D eigenvalue weighted by Gasteiger charge is -2.20. The molecular formula is C12H22N4O. The molecule has 0 saturated carbocycles. The second kappa shape index (κ2) is 5.82. The lowest BCUT2D eigenvalue weighted by Crippen LogP contribution is -2.33. The Kier molecular flexibility index (Phi) is 4.69. The van der Waals surface area contributed by atoms with Gasteiger partial charge < -0.3 is 10.6 Å². The molecule has 5 nitrogen and oxygen atoms in total. The summed E-state index contributed by atoms with van der Waals surface area (Å²) in [5.74, 6) is 0.334. The summed E-state index contributed by atoms with van der Waals surface area (Å²) in [7, 11) is 3.64. The van der Waals surface area contributed by atoms with Gasteiger partial charge in [-0.3, -0.25) is 9.48 Å². The fourth-order valence-electron chi connectivity index (χ4n) is 1.80. The van der Waals surface area contributed by atoms with Crippen molar-refractivity contribution in [3.05, 3.63) is 17.5 Å². The maximum atomic E-state index is 12.2. The number of nitrogens with two attached hydrogens (primary N) is 1. The van der Waals surface area contributed by atoms with Crippen molar-refractivity contribution in [3.8, 4) is 0 Å². The molecule has 0 aromatic carbocycles. The van der Waals surface area contributed by atoms with E-state index in [0.29, 0.717) is 24.6 Å². The number of hydrogen-bond donors (Lipinski definition) is 1. The van der Waals surface area contributed by atoms with Crippen molar-refractivity contribution in [2.24, 2.45) is 18.7 Å². The van der Waals surface area contributed by atoms with Gasteiger partial charge in [0, 0.05) is 26.8 Å². The summed E-state index contributed by atoms with van der Waals surface area (Å²) >= 11 is 0. The quantitative estimate of drug-likeness (QED) is 0.819. The Labute approximate surface area is 103 Å². The average molecular weight is 238 g/mol. The first-order valence-electron chi connectivity index (χ1n) is 5.97. The molecule has 1 unspecified atom stereocenters. The highest BCUT2D eigenvalue weighted by Gasteiger charge is 2.19. The number of carbonyl (C=O) groups is 1. The average Bonchev–Trinajstić information content (AvgIpc) is 2.69. The van der Waals surface area contributed by atoms with E-state index in [1.165, 1.54) is 0 Å². The number of amides is 1. The van der Waals surface area contributed by atoms with E-state index in [0.717, 1.165) is 12.1 Å². The fourth-order valence-corrected chi connectivity index (χ4v) is 1.80. The normalized spacial score (nSPS) is 12.5. The van der Waals surface area contributed by atoms with Crippen LogP contribution in [-0.4, -0.2) is 40.7 Å². The summed E-state index contributed by atoms with van der Waals surface area (Å²) in [6.07, 6.45) is 2.55. The van der Waals surface area contributed by atoms with Crippen molar-refractivity contribution >= 4 is 5.91 Å². The lowest BCUT2D eigenvalue weighted by atomic mass is 10.1. The number of aromatic nitrogens is 2. The van der Waals surface area contributed by atoms with Crippen molar-refractivity contribution in [2.75, 3.05) is 20.1 Å². The molecule has 5 heteroatoms. The first kappa shape index (κ1) is 13.7. The maximum Gasteiger partial charge on any atom is 0.257 e. The SMILES string of the molecule is CCc1nn(C)cc1C(=O)N(C)CC(C)CN. The molecule has 0 fully saturated rings. The van der Waals surface area contributed by atoms with Gasteiger partial charge in [-0.25, -0.2) is 0 Å². The van der Waals surface area contributed by atoms with Crippen molar-refractivity contribution in [2.45, 2.75) is 20.3 Å². The Morgan fingerprint density at radius 1 is 1.65 bits per heavy atom. The van der Waals surface area contributed by atoms with Crippen LogP contribution < -0.4 is 5.73 Å². The number of carbonyl (C=O) groups excluding carboxylic acids is 1. The minimum absolute atomic E-state index is 0.0234. The smallest absolute Gasteiger partial charge is 0.257 e. The van der Waals surface area contributed by atoms with Gasteiger partial charge in [-0.1, -0.05) is 13.8 Å². The number of hydrogen-bond acceptors (Lipinski definition) is 3. The molecule has 1 aromatic heterocycles. The van der Waals surface area contributed by atoms with Gasteiger partial charge in [0.1, 0.15) is 0 Å². The Bertz CT molecular complexity index is 386. The highest BCUT2D eigenvalue weighted by Crippen LogP contribution is 2.11. The van der Waals surface area contributed by atoms with Gasteiger partial charge in [-0.15, -0.1) is 0 Å². The van der Waals surface area contributed by atoms with E-state index in [2.05, 4.69) is 5.10 Å². The molecule has 1 atom stereocenters. The van der Waals surface area contributed by atoms with Gasteiger partial charge in [0.15, 0.2) is 0 Å². The molecule has 0 radical (unpaired) electrons. The molecule has 1 aromatic rings. The van der Waals surface area contributed by atoms with Gasteiger partial charge >= 0.3 is 0 Å². The largest absolute Gasteiger partial charge is 0.341 e. The summed E-state index contributed by atoms with van der Waals surface area (Å²) < 4.78 is 1.69. The van der Waals surface area contributed by atoms with Crippen molar-refractivity contribution in [1.82, 2.24) is 14.7 Å². The van der Waals surface area contributed by atoms with Crippen LogP contribution in [0.1, 0.15) is 29.9 Å². The van der Waals surface area contributed by atoms with Crippen LogP contribution in [0.5, 0.6) is 0 Å². The van der Waals surface area contributed by atoms with Gasteiger partial charge in [-0.2, -0.15) is 5.10 Å². The molecule has 1 rings (SSSR count). The van der Waals surface area contributed by atoms with E-state index in [9.17, 15) is 4.79 Å². The van der Waals surface area contributed by atoms with E-state index in [-0.39, 0.29) is 5.91 Å². The molecular weight excluding hydrogens is 216 g/mol. The molecule has 1 heterocycles. The Morgan fingerprint density at radius 2 is 2.29 bits per heavy atom. The fraction of sp³-hybridized carbons (Fsp3) is 0.667. The highest BCUT2D eigenvalue weighted by atomic mass is 16.2. The van der Waals surface area contributed by atoms with Crippen molar-refractivity contribution in [3.63, 3.8) is 0 Å². The third-order valence-electron chi connectivity index (χ3n) is 2.81. The molecule has 0 spiro atoms. The third kappa shape index (κ3) is 3.30. The Morgan fingerprint density at radius 3 is 2.82 bits per heavy atom. The van der Waals surface area contributed by atoms with E-state index in [1.54, 1.807) is 22.8 Å². The summed E-state index contributed by atoms with van der Waals surface area (Å²) in [4.78, 5) is 13.9. The lowest BCUT2D eigenvalue weighted by molar-refractivity contribution is 0.0776. The number of rotatable bonds is 5. The molecule has 2 N–H and O–H groups in total. The molecule has 0 aliphatic rings. The van der Waals surface area contributed by atoms with Crippen LogP contribution in [0.25, 0.3) is 0 Å².